The lowest BCUT2D eigenvalue weighted by Crippen LogP contribution is -1.93. The van der Waals surface area contributed by atoms with Crippen LogP contribution in [-0.4, -0.2) is 24.6 Å². The third-order valence-corrected chi connectivity index (χ3v) is 2.87. The number of hydrogen-bond acceptors (Lipinski definition) is 3. The quantitative estimate of drug-likeness (QED) is 0.764. The number of hydrogen-bond donors (Lipinski definition) is 0. The van der Waals surface area contributed by atoms with Crippen LogP contribution in [0, 0.1) is 0 Å². The molecule has 0 bridgehead atoms. The number of methoxy groups -OCH3 is 2. The molecule has 1 aromatic heterocycles. The van der Waals surface area contributed by atoms with Crippen LogP contribution < -0.4 is 9.47 Å². The van der Waals surface area contributed by atoms with Crippen LogP contribution in [-0.2, 0) is 7.05 Å². The lowest BCUT2D eigenvalue weighted by atomic mass is 10.1. The highest BCUT2D eigenvalue weighted by molar-refractivity contribution is 6.10. The van der Waals surface area contributed by atoms with E-state index in [1.807, 2.05) is 23.7 Å². The summed E-state index contributed by atoms with van der Waals surface area (Å²) in [6.45, 7) is 1.55. The minimum absolute atomic E-state index is 0.0159. The molecule has 0 saturated carbocycles. The van der Waals surface area contributed by atoms with Crippen molar-refractivity contribution in [3.8, 4) is 11.5 Å². The van der Waals surface area contributed by atoms with Crippen molar-refractivity contribution in [2.75, 3.05) is 14.2 Å². The number of carbonyl (C=O) groups excluding carboxylic acids is 1. The number of ketones is 1. The molecule has 1 aromatic carbocycles. The smallest absolute Gasteiger partial charge is 0.162 e. The van der Waals surface area contributed by atoms with Crippen molar-refractivity contribution in [3.63, 3.8) is 0 Å². The van der Waals surface area contributed by atoms with E-state index in [1.165, 1.54) is 0 Å². The van der Waals surface area contributed by atoms with Gasteiger partial charge in [0.25, 0.3) is 0 Å². The first-order valence-electron chi connectivity index (χ1n) is 5.31. The molecular formula is C13H15NO3. The van der Waals surface area contributed by atoms with Crippen molar-refractivity contribution in [3.05, 3.63) is 23.9 Å². The average Bonchev–Trinajstić information content (AvgIpc) is 2.67. The maximum atomic E-state index is 11.6. The summed E-state index contributed by atoms with van der Waals surface area (Å²) in [5.74, 6) is 1.43. The molecule has 0 N–H and O–H groups in total. The van der Waals surface area contributed by atoms with E-state index in [0.717, 1.165) is 16.7 Å². The molecule has 4 nitrogen and oxygen atoms in total. The Balaban J connectivity index is 2.92. The molecule has 0 aliphatic rings. The van der Waals surface area contributed by atoms with E-state index >= 15 is 0 Å². The van der Waals surface area contributed by atoms with Gasteiger partial charge in [0.05, 0.1) is 25.1 Å². The number of aromatic nitrogens is 1. The highest BCUT2D eigenvalue weighted by Gasteiger charge is 2.18. The normalized spacial score (nSPS) is 10.6. The molecule has 0 atom stereocenters. The van der Waals surface area contributed by atoms with Crippen LogP contribution in [0.25, 0.3) is 10.9 Å². The molecular weight excluding hydrogens is 218 g/mol. The minimum atomic E-state index is 0.0159. The van der Waals surface area contributed by atoms with Crippen molar-refractivity contribution >= 4 is 16.7 Å². The number of rotatable bonds is 3. The van der Waals surface area contributed by atoms with Crippen molar-refractivity contribution in [1.29, 1.82) is 0 Å². The minimum Gasteiger partial charge on any atom is -0.496 e. The summed E-state index contributed by atoms with van der Waals surface area (Å²) in [4.78, 5) is 11.6. The van der Waals surface area contributed by atoms with Gasteiger partial charge in [-0.25, -0.2) is 0 Å². The molecule has 0 fully saturated rings. The summed E-state index contributed by atoms with van der Waals surface area (Å²) < 4.78 is 12.5. The fourth-order valence-corrected chi connectivity index (χ4v) is 2.09. The molecule has 2 rings (SSSR count). The standard InChI is InChI=1S/C13H15NO3/c1-8(15)9-7-14(2)13-11(17-4)6-5-10(16-3)12(9)13/h5-7H,1-4H3. The van der Waals surface area contributed by atoms with Crippen LogP contribution in [0.1, 0.15) is 17.3 Å². The predicted octanol–water partition coefficient (Wildman–Crippen LogP) is 2.40. The summed E-state index contributed by atoms with van der Waals surface area (Å²) in [6.07, 6.45) is 1.80. The monoisotopic (exact) mass is 233 g/mol. The Bertz CT molecular complexity index is 584. The van der Waals surface area contributed by atoms with Crippen LogP contribution in [0.5, 0.6) is 11.5 Å². The van der Waals surface area contributed by atoms with Crippen molar-refractivity contribution in [1.82, 2.24) is 4.57 Å². The van der Waals surface area contributed by atoms with Gasteiger partial charge in [-0.3, -0.25) is 4.79 Å². The van der Waals surface area contributed by atoms with E-state index in [-0.39, 0.29) is 5.78 Å². The zero-order valence-electron chi connectivity index (χ0n) is 10.4. The Morgan fingerprint density at radius 2 is 1.76 bits per heavy atom. The van der Waals surface area contributed by atoms with E-state index in [1.54, 1.807) is 27.3 Å². The van der Waals surface area contributed by atoms with Gasteiger partial charge in [-0.05, 0) is 19.1 Å². The van der Waals surface area contributed by atoms with Crippen LogP contribution in [0.4, 0.5) is 0 Å². The molecule has 1 heterocycles. The maximum absolute atomic E-state index is 11.6. The molecule has 0 aliphatic heterocycles. The van der Waals surface area contributed by atoms with Crippen LogP contribution in [0.2, 0.25) is 0 Å². The van der Waals surface area contributed by atoms with Gasteiger partial charge in [-0.1, -0.05) is 0 Å². The van der Waals surface area contributed by atoms with Gasteiger partial charge >= 0.3 is 0 Å². The SMILES string of the molecule is COc1ccc(OC)c2c1c(C(C)=O)cn2C. The highest BCUT2D eigenvalue weighted by atomic mass is 16.5. The third kappa shape index (κ3) is 1.65. The Labute approximate surface area is 99.7 Å². The molecule has 0 amide bonds. The van der Waals surface area contributed by atoms with E-state index in [4.69, 9.17) is 9.47 Å². The van der Waals surface area contributed by atoms with E-state index < -0.39 is 0 Å². The van der Waals surface area contributed by atoms with Crippen LogP contribution >= 0.6 is 0 Å². The number of fused-ring (bicyclic) bond motifs is 1. The third-order valence-electron chi connectivity index (χ3n) is 2.87. The molecule has 2 aromatic rings. The number of aryl methyl sites for hydroxylation is 1. The summed E-state index contributed by atoms with van der Waals surface area (Å²) in [5, 5.41) is 0.807. The fraction of sp³-hybridized carbons (Fsp3) is 0.308. The number of benzene rings is 1. The first-order chi connectivity index (χ1) is 8.10. The van der Waals surface area contributed by atoms with Crippen LogP contribution in [0.3, 0.4) is 0 Å². The number of Topliss-reactive ketones (excluding diaryl/α,β-unsaturated/α-hetero) is 1. The molecule has 4 heteroatoms. The van der Waals surface area contributed by atoms with Gasteiger partial charge in [-0.15, -0.1) is 0 Å². The average molecular weight is 233 g/mol. The van der Waals surface area contributed by atoms with E-state index in [0.29, 0.717) is 11.3 Å². The fourth-order valence-electron chi connectivity index (χ4n) is 2.09. The summed E-state index contributed by atoms with van der Waals surface area (Å²) in [7, 11) is 5.09. The first kappa shape index (κ1) is 11.5. The van der Waals surface area contributed by atoms with E-state index in [2.05, 4.69) is 0 Å². The molecule has 17 heavy (non-hydrogen) atoms. The topological polar surface area (TPSA) is 40.5 Å². The molecule has 0 unspecified atom stereocenters. The van der Waals surface area contributed by atoms with Gasteiger partial charge in [0.1, 0.15) is 11.5 Å². The first-order valence-corrected chi connectivity index (χ1v) is 5.31. The van der Waals surface area contributed by atoms with Gasteiger partial charge in [0.2, 0.25) is 0 Å². The lowest BCUT2D eigenvalue weighted by molar-refractivity contribution is 0.101. The maximum Gasteiger partial charge on any atom is 0.162 e. The highest BCUT2D eigenvalue weighted by Crippen LogP contribution is 2.36. The molecule has 90 valence electrons. The summed E-state index contributed by atoms with van der Waals surface area (Å²) >= 11 is 0. The molecule has 0 radical (unpaired) electrons. The Morgan fingerprint density at radius 1 is 1.18 bits per heavy atom. The second kappa shape index (κ2) is 4.13. The van der Waals surface area contributed by atoms with Crippen molar-refractivity contribution in [2.24, 2.45) is 7.05 Å². The number of carbonyl (C=O) groups is 1. The Morgan fingerprint density at radius 3 is 2.29 bits per heavy atom. The largest absolute Gasteiger partial charge is 0.496 e. The predicted molar refractivity (Wildman–Crippen MR) is 66.0 cm³/mol. The second-order valence-corrected chi connectivity index (χ2v) is 3.90. The summed E-state index contributed by atoms with van der Waals surface area (Å²) in [6, 6.07) is 3.65. The Kier molecular flexibility index (Phi) is 2.79. The second-order valence-electron chi connectivity index (χ2n) is 3.90. The van der Waals surface area contributed by atoms with Gasteiger partial charge in [-0.2, -0.15) is 0 Å². The molecule has 0 aliphatic carbocycles. The zero-order chi connectivity index (χ0) is 12.6. The van der Waals surface area contributed by atoms with Gasteiger partial charge < -0.3 is 14.0 Å². The number of ether oxygens (including phenoxy) is 2. The molecule has 0 spiro atoms. The zero-order valence-corrected chi connectivity index (χ0v) is 10.4. The van der Waals surface area contributed by atoms with Crippen molar-refractivity contribution in [2.45, 2.75) is 6.92 Å². The number of nitrogens with zero attached hydrogens (tertiary/aromatic N) is 1. The van der Waals surface area contributed by atoms with Gasteiger partial charge in [0.15, 0.2) is 5.78 Å². The van der Waals surface area contributed by atoms with Gasteiger partial charge in [0, 0.05) is 18.8 Å². The van der Waals surface area contributed by atoms with Crippen LogP contribution in [0.15, 0.2) is 18.3 Å². The Hall–Kier alpha value is -1.97. The van der Waals surface area contributed by atoms with E-state index in [9.17, 15) is 4.79 Å². The van der Waals surface area contributed by atoms with Crippen molar-refractivity contribution < 1.29 is 14.3 Å². The summed E-state index contributed by atoms with van der Waals surface area (Å²) in [5.41, 5.74) is 1.52. The molecule has 0 saturated heterocycles. The lowest BCUT2D eigenvalue weighted by Gasteiger charge is -2.08.